The maximum atomic E-state index is 2.41. The molecule has 0 amide bonds. The fourth-order valence-corrected chi connectivity index (χ4v) is 5.02. The van der Waals surface area contributed by atoms with Gasteiger partial charge in [-0.1, -0.05) is 10.8 Å². The van der Waals surface area contributed by atoms with Gasteiger partial charge in [-0.15, -0.1) is 93.7 Å². The first-order valence-corrected chi connectivity index (χ1v) is 14.1. The molecule has 0 unspecified atom stereocenters. The first-order valence-electron chi connectivity index (χ1n) is 14.1. The van der Waals surface area contributed by atoms with Gasteiger partial charge in [0.2, 0.25) is 0 Å². The van der Waals surface area contributed by atoms with Gasteiger partial charge in [0.05, 0.1) is 0 Å². The molecule has 1 radical (unpaired) electrons. The van der Waals surface area contributed by atoms with Crippen LogP contribution in [0.5, 0.6) is 0 Å². The van der Waals surface area contributed by atoms with Gasteiger partial charge in [0.25, 0.3) is 0 Å². The monoisotopic (exact) mass is 565 g/mol. The van der Waals surface area contributed by atoms with Crippen LogP contribution in [0.3, 0.4) is 0 Å². The van der Waals surface area contributed by atoms with Crippen LogP contribution < -0.4 is 0 Å². The van der Waals surface area contributed by atoms with Crippen LogP contribution in [0.1, 0.15) is 22.3 Å². The van der Waals surface area contributed by atoms with Crippen molar-refractivity contribution in [3.63, 3.8) is 0 Å². The molecule has 0 atom stereocenters. The molecule has 4 nitrogen and oxygen atoms in total. The summed E-state index contributed by atoms with van der Waals surface area (Å²) in [6.07, 6.45) is 4.54. The number of benzene rings is 2. The molecule has 0 aliphatic carbocycles. The van der Waals surface area contributed by atoms with Crippen molar-refractivity contribution >= 4 is 21.5 Å². The molecule has 0 heterocycles. The molecule has 0 spiro atoms. The average molecular weight is 566 g/mol. The number of hydrogen-bond donors (Lipinski definition) is 0. The van der Waals surface area contributed by atoms with E-state index in [1.807, 2.05) is 0 Å². The molecule has 213 valence electrons. The van der Waals surface area contributed by atoms with Gasteiger partial charge in [-0.05, 0) is 95.2 Å². The van der Waals surface area contributed by atoms with E-state index < -0.39 is 0 Å². The standard InChI is InChI=1S/2C17H25N2.V/c2*1-18(2)11-9-14-13-15(10-12-19(3)4)17-8-6-5-7-16(14)17;/h2*5-8,13H,9-12H2,1-4H3;/q2*-1;. The summed E-state index contributed by atoms with van der Waals surface area (Å²) >= 11 is 0. The number of likely N-dealkylation sites (N-methyl/N-ethyl adjacent to an activating group) is 4. The molecule has 0 N–H and O–H groups in total. The van der Waals surface area contributed by atoms with Crippen LogP contribution in [0.2, 0.25) is 0 Å². The second-order valence-corrected chi connectivity index (χ2v) is 11.7. The number of rotatable bonds is 12. The van der Waals surface area contributed by atoms with E-state index in [0.29, 0.717) is 0 Å². The Labute approximate surface area is 250 Å². The van der Waals surface area contributed by atoms with E-state index in [1.165, 1.54) is 43.8 Å². The molecule has 0 saturated carbocycles. The Morgan fingerprint density at radius 1 is 0.487 bits per heavy atom. The summed E-state index contributed by atoms with van der Waals surface area (Å²) in [6, 6.07) is 22.5. The maximum absolute atomic E-state index is 2.41. The summed E-state index contributed by atoms with van der Waals surface area (Å²) in [5.41, 5.74) is 5.99. The van der Waals surface area contributed by atoms with Crippen molar-refractivity contribution < 1.29 is 18.6 Å². The van der Waals surface area contributed by atoms with Gasteiger partial charge >= 0.3 is 0 Å². The molecule has 5 heteroatoms. The van der Waals surface area contributed by atoms with Gasteiger partial charge in [0.1, 0.15) is 0 Å². The summed E-state index contributed by atoms with van der Waals surface area (Å²) in [4.78, 5) is 9.01. The minimum atomic E-state index is 0. The molecule has 4 aromatic carbocycles. The smallest absolute Gasteiger partial charge is 0.000323 e. The molecule has 0 aromatic heterocycles. The van der Waals surface area contributed by atoms with Crippen molar-refractivity contribution in [1.29, 1.82) is 0 Å². The largest absolute Gasteiger partial charge is 0.310 e. The first kappa shape index (κ1) is 33.3. The van der Waals surface area contributed by atoms with E-state index in [4.69, 9.17) is 0 Å². The van der Waals surface area contributed by atoms with E-state index >= 15 is 0 Å². The summed E-state index contributed by atoms with van der Waals surface area (Å²) in [5, 5.41) is 5.77. The Balaban J connectivity index is 0.000000267. The van der Waals surface area contributed by atoms with Crippen LogP contribution in [0.4, 0.5) is 0 Å². The van der Waals surface area contributed by atoms with Crippen molar-refractivity contribution in [2.24, 2.45) is 0 Å². The third-order valence-corrected chi connectivity index (χ3v) is 7.25. The van der Waals surface area contributed by atoms with E-state index in [2.05, 4.69) is 137 Å². The molecule has 4 rings (SSSR count). The normalized spacial score (nSPS) is 11.6. The molecule has 4 aromatic rings. The first-order chi connectivity index (χ1) is 18.2. The summed E-state index contributed by atoms with van der Waals surface area (Å²) < 4.78 is 0. The van der Waals surface area contributed by atoms with Gasteiger partial charge in [-0.25, -0.2) is 0 Å². The van der Waals surface area contributed by atoms with Crippen molar-refractivity contribution in [1.82, 2.24) is 19.6 Å². The topological polar surface area (TPSA) is 13.0 Å². The molecule has 0 fully saturated rings. The zero-order valence-corrected chi connectivity index (χ0v) is 27.1. The fraction of sp³-hybridized carbons (Fsp3) is 0.471. The summed E-state index contributed by atoms with van der Waals surface area (Å²) in [6.45, 7) is 4.45. The van der Waals surface area contributed by atoms with Gasteiger partial charge < -0.3 is 19.6 Å². The molecule has 0 saturated heterocycles. The zero-order chi connectivity index (χ0) is 27.7. The molecular formula is C34H50N4V-2. The van der Waals surface area contributed by atoms with E-state index in [9.17, 15) is 0 Å². The maximum Gasteiger partial charge on any atom is 0.000323 e. The quantitative estimate of drug-likeness (QED) is 0.210. The second kappa shape index (κ2) is 16.4. The average Bonchev–Trinajstić information content (AvgIpc) is 3.42. The fourth-order valence-electron chi connectivity index (χ4n) is 5.02. The minimum Gasteiger partial charge on any atom is -0.310 e. The number of hydrogen-bond acceptors (Lipinski definition) is 4. The third-order valence-electron chi connectivity index (χ3n) is 7.25. The SMILES string of the molecule is CN(C)CCc1cc(CCN(C)C)[c-]2ccccc12.CN(C)CCc1cc(CCN(C)C)[c-]2ccccc12.[V]. The van der Waals surface area contributed by atoms with Crippen molar-refractivity contribution in [3.8, 4) is 0 Å². The van der Waals surface area contributed by atoms with E-state index in [-0.39, 0.29) is 18.6 Å². The van der Waals surface area contributed by atoms with Crippen molar-refractivity contribution in [3.05, 3.63) is 82.9 Å². The molecule has 0 bridgehead atoms. The van der Waals surface area contributed by atoms with Crippen molar-refractivity contribution in [2.45, 2.75) is 25.7 Å². The van der Waals surface area contributed by atoms with Crippen LogP contribution in [0.25, 0.3) is 21.5 Å². The van der Waals surface area contributed by atoms with E-state index in [0.717, 1.165) is 51.9 Å². The minimum absolute atomic E-state index is 0. The van der Waals surface area contributed by atoms with Gasteiger partial charge in [0.15, 0.2) is 0 Å². The van der Waals surface area contributed by atoms with Crippen molar-refractivity contribution in [2.75, 3.05) is 82.6 Å². The zero-order valence-electron chi connectivity index (χ0n) is 25.7. The van der Waals surface area contributed by atoms with Crippen LogP contribution >= 0.6 is 0 Å². The van der Waals surface area contributed by atoms with Gasteiger partial charge in [0, 0.05) is 31.6 Å². The van der Waals surface area contributed by atoms with Crippen LogP contribution in [-0.4, -0.2) is 102 Å². The van der Waals surface area contributed by atoms with Crippen LogP contribution in [-0.2, 0) is 44.2 Å². The summed E-state index contributed by atoms with van der Waals surface area (Å²) in [5.74, 6) is 0. The van der Waals surface area contributed by atoms with Crippen LogP contribution in [0, 0.1) is 0 Å². The van der Waals surface area contributed by atoms with Crippen LogP contribution in [0.15, 0.2) is 60.7 Å². The van der Waals surface area contributed by atoms with Gasteiger partial charge in [-0.3, -0.25) is 0 Å². The Morgan fingerprint density at radius 3 is 1.15 bits per heavy atom. The summed E-state index contributed by atoms with van der Waals surface area (Å²) in [7, 11) is 17.1. The van der Waals surface area contributed by atoms with Gasteiger partial charge in [-0.2, -0.15) is 0 Å². The molecule has 39 heavy (non-hydrogen) atoms. The number of fused-ring (bicyclic) bond motifs is 2. The second-order valence-electron chi connectivity index (χ2n) is 11.7. The number of nitrogens with zero attached hydrogens (tertiary/aromatic N) is 4. The Hall–Kier alpha value is -1.92. The Morgan fingerprint density at radius 2 is 0.821 bits per heavy atom. The predicted octanol–water partition coefficient (Wildman–Crippen LogP) is 5.53. The Kier molecular flexibility index (Phi) is 14.0. The molecular weight excluding hydrogens is 515 g/mol. The third kappa shape index (κ3) is 10.2. The predicted molar refractivity (Wildman–Crippen MR) is 168 cm³/mol. The van der Waals surface area contributed by atoms with E-state index in [1.54, 1.807) is 0 Å². The molecule has 0 aliphatic rings. The molecule has 0 aliphatic heterocycles. The Bertz CT molecular complexity index is 1060.